The summed E-state index contributed by atoms with van der Waals surface area (Å²) in [6.07, 6.45) is 3.77. The molecule has 1 aliphatic rings. The largest absolute Gasteiger partial charge is 0.490 e. The molecule has 1 fully saturated rings. The maximum atomic E-state index is 13.1. The molecule has 212 valence electrons. The summed E-state index contributed by atoms with van der Waals surface area (Å²) in [5.74, 6) is -0.146. The molecule has 0 aliphatic carbocycles. The monoisotopic (exact) mass is 630 g/mol. The van der Waals surface area contributed by atoms with Crippen LogP contribution in [0, 0.1) is 0 Å². The standard InChI is InChI=1S/C30H25Cl3N2O5S/c1-3-7-19-12-18(13-25(39-4-2)28(19)40-17-20-10-11-21(31)15-23(20)33)14-26-29(37)35(30(38)41-26)16-27(36)34-24-9-6-5-8-22(24)32/h3,5-6,8-15H,1,4,7,16-17H2,2H3,(H,34,36)/b26-14+. The van der Waals surface area contributed by atoms with Crippen molar-refractivity contribution in [3.05, 3.63) is 104 Å². The van der Waals surface area contributed by atoms with Crippen molar-refractivity contribution in [3.63, 3.8) is 0 Å². The summed E-state index contributed by atoms with van der Waals surface area (Å²) in [5, 5.41) is 3.42. The molecule has 0 saturated carbocycles. The molecule has 4 rings (SSSR count). The van der Waals surface area contributed by atoms with E-state index >= 15 is 0 Å². The molecular formula is C30H25Cl3N2O5S. The lowest BCUT2D eigenvalue weighted by atomic mass is 10.0. The Labute approximate surface area is 257 Å². The number of benzene rings is 3. The van der Waals surface area contributed by atoms with E-state index in [9.17, 15) is 14.4 Å². The Morgan fingerprint density at radius 1 is 1.02 bits per heavy atom. The fourth-order valence-electron chi connectivity index (χ4n) is 3.97. The third kappa shape index (κ3) is 7.65. The van der Waals surface area contributed by atoms with Gasteiger partial charge in [0.2, 0.25) is 5.91 Å². The van der Waals surface area contributed by atoms with Crippen LogP contribution in [-0.4, -0.2) is 35.1 Å². The fourth-order valence-corrected chi connectivity index (χ4v) is 5.46. The zero-order valence-electron chi connectivity index (χ0n) is 21.9. The van der Waals surface area contributed by atoms with Crippen molar-refractivity contribution in [3.8, 4) is 11.5 Å². The topological polar surface area (TPSA) is 84.9 Å². The minimum atomic E-state index is -0.574. The molecule has 0 spiro atoms. The molecule has 1 saturated heterocycles. The third-order valence-corrected chi connectivity index (χ3v) is 7.65. The molecule has 0 atom stereocenters. The SMILES string of the molecule is C=CCc1cc(/C=C2/SC(=O)N(CC(=O)Nc3ccccc3Cl)C2=O)cc(OCC)c1OCc1ccc(Cl)cc1Cl. The van der Waals surface area contributed by atoms with Gasteiger partial charge >= 0.3 is 0 Å². The summed E-state index contributed by atoms with van der Waals surface area (Å²) >= 11 is 19.2. The molecule has 1 heterocycles. The number of hydrogen-bond donors (Lipinski definition) is 1. The minimum Gasteiger partial charge on any atom is -0.490 e. The molecule has 3 amide bonds. The van der Waals surface area contributed by atoms with Gasteiger partial charge in [-0.2, -0.15) is 0 Å². The normalized spacial score (nSPS) is 14.0. The average molecular weight is 632 g/mol. The van der Waals surface area contributed by atoms with E-state index in [2.05, 4.69) is 11.9 Å². The molecule has 3 aromatic carbocycles. The molecule has 0 aromatic heterocycles. The Kier molecular flexibility index (Phi) is 10.4. The average Bonchev–Trinajstić information content (AvgIpc) is 3.18. The smallest absolute Gasteiger partial charge is 0.294 e. The van der Waals surface area contributed by atoms with E-state index in [1.807, 2.05) is 13.0 Å². The van der Waals surface area contributed by atoms with Crippen LogP contribution in [0.25, 0.3) is 6.08 Å². The van der Waals surface area contributed by atoms with Gasteiger partial charge in [-0.3, -0.25) is 19.3 Å². The molecule has 0 unspecified atom stereocenters. The van der Waals surface area contributed by atoms with Crippen LogP contribution >= 0.6 is 46.6 Å². The second-order valence-electron chi connectivity index (χ2n) is 8.75. The third-order valence-electron chi connectivity index (χ3n) is 5.83. The highest BCUT2D eigenvalue weighted by Crippen LogP contribution is 2.38. The van der Waals surface area contributed by atoms with Crippen LogP contribution in [0.1, 0.15) is 23.6 Å². The van der Waals surface area contributed by atoms with Crippen molar-refractivity contribution >= 4 is 75.4 Å². The molecule has 41 heavy (non-hydrogen) atoms. The quantitative estimate of drug-likeness (QED) is 0.170. The summed E-state index contributed by atoms with van der Waals surface area (Å²) in [5.41, 5.74) is 2.52. The van der Waals surface area contributed by atoms with Crippen LogP contribution in [0.2, 0.25) is 15.1 Å². The van der Waals surface area contributed by atoms with Crippen LogP contribution in [-0.2, 0) is 22.6 Å². The second-order valence-corrected chi connectivity index (χ2v) is 11.0. The zero-order valence-corrected chi connectivity index (χ0v) is 25.0. The highest BCUT2D eigenvalue weighted by atomic mass is 35.5. The Bertz CT molecular complexity index is 1540. The maximum Gasteiger partial charge on any atom is 0.294 e. The lowest BCUT2D eigenvalue weighted by Gasteiger charge is -2.17. The van der Waals surface area contributed by atoms with Gasteiger partial charge in [-0.1, -0.05) is 59.1 Å². The fraction of sp³-hybridized carbons (Fsp3) is 0.167. The number of carbonyl (C=O) groups is 3. The number of thioether (sulfide) groups is 1. The van der Waals surface area contributed by atoms with Gasteiger partial charge in [0.05, 0.1) is 22.2 Å². The van der Waals surface area contributed by atoms with Crippen LogP contribution in [0.3, 0.4) is 0 Å². The highest BCUT2D eigenvalue weighted by Gasteiger charge is 2.36. The molecule has 1 N–H and O–H groups in total. The van der Waals surface area contributed by atoms with E-state index in [0.29, 0.717) is 50.8 Å². The molecule has 7 nitrogen and oxygen atoms in total. The maximum absolute atomic E-state index is 13.1. The first-order valence-electron chi connectivity index (χ1n) is 12.5. The summed E-state index contributed by atoms with van der Waals surface area (Å²) in [6, 6.07) is 15.4. The molecular weight excluding hydrogens is 607 g/mol. The Morgan fingerprint density at radius 2 is 1.80 bits per heavy atom. The van der Waals surface area contributed by atoms with Crippen LogP contribution in [0.5, 0.6) is 11.5 Å². The van der Waals surface area contributed by atoms with Crippen LogP contribution < -0.4 is 14.8 Å². The number of allylic oxidation sites excluding steroid dienone is 1. The van der Waals surface area contributed by atoms with Crippen molar-refractivity contribution in [2.24, 2.45) is 0 Å². The van der Waals surface area contributed by atoms with Crippen LogP contribution in [0.4, 0.5) is 10.5 Å². The first kappa shape index (κ1) is 30.5. The first-order chi connectivity index (χ1) is 19.7. The highest BCUT2D eigenvalue weighted by molar-refractivity contribution is 8.18. The summed E-state index contributed by atoms with van der Waals surface area (Å²) in [6.45, 7) is 5.78. The summed E-state index contributed by atoms with van der Waals surface area (Å²) in [4.78, 5) is 39.4. The number of nitrogens with zero attached hydrogens (tertiary/aromatic N) is 1. The van der Waals surface area contributed by atoms with Gasteiger partial charge in [-0.15, -0.1) is 6.58 Å². The predicted molar refractivity (Wildman–Crippen MR) is 165 cm³/mol. The van der Waals surface area contributed by atoms with E-state index in [1.165, 1.54) is 0 Å². The molecule has 0 radical (unpaired) electrons. The van der Waals surface area contributed by atoms with Crippen molar-refractivity contribution in [2.75, 3.05) is 18.5 Å². The Morgan fingerprint density at radius 3 is 2.51 bits per heavy atom. The Balaban J connectivity index is 1.56. The number of ether oxygens (including phenoxy) is 2. The number of amides is 3. The number of carbonyl (C=O) groups excluding carboxylic acids is 3. The van der Waals surface area contributed by atoms with Gasteiger partial charge < -0.3 is 14.8 Å². The number of para-hydroxylation sites is 1. The minimum absolute atomic E-state index is 0.175. The van der Waals surface area contributed by atoms with Crippen LogP contribution in [0.15, 0.2) is 72.2 Å². The number of halogens is 3. The molecule has 3 aromatic rings. The van der Waals surface area contributed by atoms with Crippen molar-refractivity contribution < 1.29 is 23.9 Å². The van der Waals surface area contributed by atoms with Gasteiger partial charge in [-0.05, 0) is 73.1 Å². The summed E-state index contributed by atoms with van der Waals surface area (Å²) in [7, 11) is 0. The molecule has 0 bridgehead atoms. The second kappa shape index (κ2) is 14.0. The van der Waals surface area contributed by atoms with Crippen molar-refractivity contribution in [2.45, 2.75) is 20.0 Å². The van der Waals surface area contributed by atoms with E-state index in [0.717, 1.165) is 27.8 Å². The van der Waals surface area contributed by atoms with E-state index < -0.39 is 23.6 Å². The van der Waals surface area contributed by atoms with Gasteiger partial charge in [-0.25, -0.2) is 0 Å². The summed E-state index contributed by atoms with van der Waals surface area (Å²) < 4.78 is 12.0. The lowest BCUT2D eigenvalue weighted by molar-refractivity contribution is -0.127. The zero-order chi connectivity index (χ0) is 29.5. The van der Waals surface area contributed by atoms with E-state index in [1.54, 1.807) is 60.7 Å². The van der Waals surface area contributed by atoms with Gasteiger partial charge in [0.1, 0.15) is 13.2 Å². The number of imide groups is 1. The lowest BCUT2D eigenvalue weighted by Crippen LogP contribution is -2.36. The van der Waals surface area contributed by atoms with E-state index in [-0.39, 0.29) is 11.5 Å². The Hall–Kier alpha value is -3.43. The van der Waals surface area contributed by atoms with Gasteiger partial charge in [0, 0.05) is 21.2 Å². The molecule has 11 heteroatoms. The van der Waals surface area contributed by atoms with E-state index in [4.69, 9.17) is 44.3 Å². The van der Waals surface area contributed by atoms with Gasteiger partial charge in [0.15, 0.2) is 11.5 Å². The number of nitrogens with one attached hydrogen (secondary N) is 1. The number of anilines is 1. The molecule has 1 aliphatic heterocycles. The van der Waals surface area contributed by atoms with Crippen molar-refractivity contribution in [1.82, 2.24) is 4.90 Å². The number of hydrogen-bond acceptors (Lipinski definition) is 6. The predicted octanol–water partition coefficient (Wildman–Crippen LogP) is 8.03. The van der Waals surface area contributed by atoms with Crippen molar-refractivity contribution in [1.29, 1.82) is 0 Å². The number of rotatable bonds is 11. The van der Waals surface area contributed by atoms with Gasteiger partial charge in [0.25, 0.3) is 11.1 Å². The first-order valence-corrected chi connectivity index (χ1v) is 14.4.